The highest BCUT2D eigenvalue weighted by atomic mass is 35.5. The van der Waals surface area contributed by atoms with Crippen LogP contribution in [0.15, 0.2) is 79.1 Å². The maximum Gasteiger partial charge on any atom is 0.335 e. The van der Waals surface area contributed by atoms with E-state index in [1.54, 1.807) is 53.3 Å². The molecule has 3 amide bonds. The third-order valence-electron chi connectivity index (χ3n) is 6.89. The second kappa shape index (κ2) is 13.5. The highest BCUT2D eigenvalue weighted by molar-refractivity contribution is 6.32. The maximum absolute atomic E-state index is 14.1. The van der Waals surface area contributed by atoms with Gasteiger partial charge in [-0.3, -0.25) is 19.3 Å². The number of aryl methyl sites for hydroxylation is 1. The van der Waals surface area contributed by atoms with E-state index in [2.05, 4.69) is 39.5 Å². The molecular formula is C31H34ClN9O2. The lowest BCUT2D eigenvalue weighted by atomic mass is 10.1. The van der Waals surface area contributed by atoms with E-state index in [4.69, 9.17) is 16.6 Å². The van der Waals surface area contributed by atoms with Crippen LogP contribution in [0.25, 0.3) is 0 Å². The molecule has 0 saturated heterocycles. The summed E-state index contributed by atoms with van der Waals surface area (Å²) in [5.41, 5.74) is 3.12. The van der Waals surface area contributed by atoms with E-state index >= 15 is 0 Å². The van der Waals surface area contributed by atoms with Gasteiger partial charge in [-0.05, 0) is 49.8 Å². The van der Waals surface area contributed by atoms with Crippen LogP contribution in [0, 0.1) is 0 Å². The minimum Gasteiger partial charge on any atom is -0.322 e. The van der Waals surface area contributed by atoms with Gasteiger partial charge in [-0.25, -0.2) is 14.7 Å². The molecule has 2 N–H and O–H groups in total. The molecule has 0 saturated carbocycles. The fourth-order valence-corrected chi connectivity index (χ4v) is 5.05. The van der Waals surface area contributed by atoms with Gasteiger partial charge in [-0.15, -0.1) is 0 Å². The van der Waals surface area contributed by atoms with Crippen LogP contribution in [-0.4, -0.2) is 56.2 Å². The monoisotopic (exact) mass is 599 g/mol. The van der Waals surface area contributed by atoms with E-state index in [0.29, 0.717) is 29.4 Å². The molecule has 0 bridgehead atoms. The molecule has 4 aromatic rings. The molecule has 43 heavy (non-hydrogen) atoms. The Morgan fingerprint density at radius 3 is 2.63 bits per heavy atom. The number of rotatable bonds is 11. The van der Waals surface area contributed by atoms with Gasteiger partial charge in [0.2, 0.25) is 11.9 Å². The van der Waals surface area contributed by atoms with Crippen LogP contribution in [0.5, 0.6) is 0 Å². The quantitative estimate of drug-likeness (QED) is 0.200. The minimum absolute atomic E-state index is 0.247. The summed E-state index contributed by atoms with van der Waals surface area (Å²) in [5, 5.41) is 10.4. The number of nitrogens with one attached hydrogen (secondary N) is 2. The van der Waals surface area contributed by atoms with Crippen molar-refractivity contribution in [2.45, 2.75) is 26.8 Å². The molecule has 0 aliphatic carbocycles. The van der Waals surface area contributed by atoms with E-state index in [1.807, 2.05) is 36.4 Å². The summed E-state index contributed by atoms with van der Waals surface area (Å²) in [6.07, 6.45) is 7.87. The molecule has 0 spiro atoms. The van der Waals surface area contributed by atoms with Gasteiger partial charge < -0.3 is 10.6 Å². The molecule has 3 heterocycles. The van der Waals surface area contributed by atoms with E-state index in [-0.39, 0.29) is 29.6 Å². The van der Waals surface area contributed by atoms with Gasteiger partial charge in [-0.2, -0.15) is 10.1 Å². The van der Waals surface area contributed by atoms with Gasteiger partial charge in [0, 0.05) is 49.0 Å². The summed E-state index contributed by atoms with van der Waals surface area (Å²) in [6, 6.07) is 16.3. The number of hydrogen-bond donors (Lipinski definition) is 2. The third kappa shape index (κ3) is 7.02. The highest BCUT2D eigenvalue weighted by Gasteiger charge is 2.34. The van der Waals surface area contributed by atoms with Crippen molar-refractivity contribution in [3.05, 3.63) is 89.9 Å². The first-order valence-electron chi connectivity index (χ1n) is 14.1. The van der Waals surface area contributed by atoms with E-state index in [9.17, 15) is 9.59 Å². The Labute approximate surface area is 255 Å². The number of para-hydroxylation sites is 1. The molecule has 2 aromatic heterocycles. The molecule has 0 unspecified atom stereocenters. The standard InChI is InChI=1S/C31H34ClN9O2/c1-4-16-39(5-2)17-10-15-27(42)34-23-11-9-14-25(18-23)41-29-22(20-40(31(41)43)24-12-7-6-8-13-24)19-33-30(36-29)35-26-21-38(3)37-28(26)32/h6-15,18-19,21H,4-5,16-17,20H2,1-3H3,(H,34,42)(H,33,35,36)/b15-10+. The molecule has 0 radical (unpaired) electrons. The van der Waals surface area contributed by atoms with Crippen LogP contribution in [0.3, 0.4) is 0 Å². The van der Waals surface area contributed by atoms with Gasteiger partial charge in [-0.1, -0.05) is 55.8 Å². The lowest BCUT2D eigenvalue weighted by Gasteiger charge is -2.36. The van der Waals surface area contributed by atoms with Crippen molar-refractivity contribution in [1.82, 2.24) is 24.6 Å². The predicted octanol–water partition coefficient (Wildman–Crippen LogP) is 6.11. The number of amides is 3. The Morgan fingerprint density at radius 2 is 1.91 bits per heavy atom. The number of halogens is 1. The van der Waals surface area contributed by atoms with Crippen molar-refractivity contribution in [2.75, 3.05) is 40.1 Å². The number of fused-ring (bicyclic) bond motifs is 1. The fraction of sp³-hybridized carbons (Fsp3) is 0.258. The molecule has 222 valence electrons. The first-order valence-corrected chi connectivity index (χ1v) is 14.5. The minimum atomic E-state index is -0.290. The van der Waals surface area contributed by atoms with Crippen LogP contribution in [-0.2, 0) is 18.4 Å². The summed E-state index contributed by atoms with van der Waals surface area (Å²) in [4.78, 5) is 41.5. The highest BCUT2D eigenvalue weighted by Crippen LogP contribution is 2.37. The Kier molecular flexibility index (Phi) is 9.33. The summed E-state index contributed by atoms with van der Waals surface area (Å²) in [7, 11) is 1.76. The first-order chi connectivity index (χ1) is 20.9. The summed E-state index contributed by atoms with van der Waals surface area (Å²) in [6.45, 7) is 7.13. The number of carbonyl (C=O) groups is 2. The van der Waals surface area contributed by atoms with Crippen LogP contribution in [0.4, 0.5) is 39.3 Å². The fourth-order valence-electron chi connectivity index (χ4n) is 4.83. The normalized spacial score (nSPS) is 13.1. The van der Waals surface area contributed by atoms with Gasteiger partial charge in [0.1, 0.15) is 0 Å². The largest absolute Gasteiger partial charge is 0.335 e. The topological polar surface area (TPSA) is 112 Å². The number of nitrogens with zero attached hydrogens (tertiary/aromatic N) is 7. The summed E-state index contributed by atoms with van der Waals surface area (Å²) < 4.78 is 1.58. The lowest BCUT2D eigenvalue weighted by Crippen LogP contribution is -2.45. The van der Waals surface area contributed by atoms with Crippen molar-refractivity contribution >= 4 is 58.1 Å². The van der Waals surface area contributed by atoms with Gasteiger partial charge in [0.05, 0.1) is 17.9 Å². The molecule has 2 aromatic carbocycles. The number of anilines is 6. The Bertz CT molecular complexity index is 1620. The summed E-state index contributed by atoms with van der Waals surface area (Å²) >= 11 is 6.24. The zero-order valence-electron chi connectivity index (χ0n) is 24.4. The number of likely N-dealkylation sites (N-methyl/N-ethyl adjacent to an activating group) is 1. The Morgan fingerprint density at radius 1 is 1.12 bits per heavy atom. The first kappa shape index (κ1) is 29.7. The molecule has 0 atom stereocenters. The molecule has 11 nitrogen and oxygen atoms in total. The average Bonchev–Trinajstić information content (AvgIpc) is 3.32. The Hall–Kier alpha value is -4.74. The molecule has 1 aliphatic rings. The van der Waals surface area contributed by atoms with E-state index < -0.39 is 0 Å². The smallest absolute Gasteiger partial charge is 0.322 e. The molecule has 1 aliphatic heterocycles. The zero-order chi connectivity index (χ0) is 30.3. The Balaban J connectivity index is 1.45. The van der Waals surface area contributed by atoms with Crippen molar-refractivity contribution in [1.29, 1.82) is 0 Å². The predicted molar refractivity (Wildman–Crippen MR) is 170 cm³/mol. The van der Waals surface area contributed by atoms with Gasteiger partial charge in [0.15, 0.2) is 11.0 Å². The SMILES string of the molecule is CCCN(CC)C/C=C/C(=O)Nc1cccc(N2C(=O)N(c3ccccc3)Cc3cnc(Nc4cn(C)nc4Cl)nc32)c1. The van der Waals surface area contributed by atoms with Crippen molar-refractivity contribution in [2.24, 2.45) is 7.05 Å². The summed E-state index contributed by atoms with van der Waals surface area (Å²) in [5.74, 6) is 0.440. The van der Waals surface area contributed by atoms with Crippen LogP contribution in [0.1, 0.15) is 25.8 Å². The van der Waals surface area contributed by atoms with E-state index in [0.717, 1.165) is 30.8 Å². The number of urea groups is 1. The second-order valence-corrected chi connectivity index (χ2v) is 10.4. The lowest BCUT2D eigenvalue weighted by molar-refractivity contribution is -0.111. The second-order valence-electron chi connectivity index (χ2n) is 10.0. The number of hydrogen-bond acceptors (Lipinski definition) is 7. The van der Waals surface area contributed by atoms with Crippen molar-refractivity contribution in [3.8, 4) is 0 Å². The number of carbonyl (C=O) groups excluding carboxylic acids is 2. The van der Waals surface area contributed by atoms with E-state index in [1.165, 1.54) is 11.0 Å². The molecule has 0 fully saturated rings. The van der Waals surface area contributed by atoms with Crippen molar-refractivity contribution < 1.29 is 9.59 Å². The maximum atomic E-state index is 14.1. The molecule has 12 heteroatoms. The van der Waals surface area contributed by atoms with Crippen LogP contribution < -0.4 is 20.4 Å². The molecule has 5 rings (SSSR count). The van der Waals surface area contributed by atoms with Gasteiger partial charge >= 0.3 is 6.03 Å². The third-order valence-corrected chi connectivity index (χ3v) is 7.17. The number of benzene rings is 2. The van der Waals surface area contributed by atoms with Crippen molar-refractivity contribution in [3.63, 3.8) is 0 Å². The average molecular weight is 600 g/mol. The van der Waals surface area contributed by atoms with Gasteiger partial charge in [0.25, 0.3) is 0 Å². The number of aromatic nitrogens is 4. The van der Waals surface area contributed by atoms with Crippen LogP contribution >= 0.6 is 11.6 Å². The molecular weight excluding hydrogens is 566 g/mol. The zero-order valence-corrected chi connectivity index (χ0v) is 25.1. The van der Waals surface area contributed by atoms with Crippen LogP contribution in [0.2, 0.25) is 5.15 Å².